The zero-order chi connectivity index (χ0) is 14.9. The van der Waals surface area contributed by atoms with Gasteiger partial charge >= 0.3 is 0 Å². The van der Waals surface area contributed by atoms with Gasteiger partial charge in [0.2, 0.25) is 5.91 Å². The van der Waals surface area contributed by atoms with Crippen LogP contribution in [0.3, 0.4) is 0 Å². The summed E-state index contributed by atoms with van der Waals surface area (Å²) in [6.07, 6.45) is 2.79. The molecule has 112 valence electrons. The van der Waals surface area contributed by atoms with E-state index in [4.69, 9.17) is 0 Å². The summed E-state index contributed by atoms with van der Waals surface area (Å²) in [7, 11) is 0. The number of thiazole rings is 1. The maximum atomic E-state index is 12.3. The molecule has 1 N–H and O–H groups in total. The van der Waals surface area contributed by atoms with Crippen LogP contribution < -0.4 is 0 Å². The van der Waals surface area contributed by atoms with E-state index in [1.807, 2.05) is 18.2 Å². The Kier molecular flexibility index (Phi) is 3.95. The average molecular weight is 304 g/mol. The summed E-state index contributed by atoms with van der Waals surface area (Å²) in [5.41, 5.74) is 0.273. The first kappa shape index (κ1) is 14.5. The van der Waals surface area contributed by atoms with Gasteiger partial charge in [-0.2, -0.15) is 0 Å². The fourth-order valence-electron chi connectivity index (χ4n) is 2.83. The predicted molar refractivity (Wildman–Crippen MR) is 84.4 cm³/mol. The number of nitrogens with zero attached hydrogens (tertiary/aromatic N) is 2. The first-order valence-electron chi connectivity index (χ1n) is 7.38. The number of aromatic nitrogens is 1. The second-order valence-electron chi connectivity index (χ2n) is 5.99. The van der Waals surface area contributed by atoms with E-state index in [2.05, 4.69) is 11.1 Å². The van der Waals surface area contributed by atoms with Gasteiger partial charge in [0.05, 0.1) is 20.8 Å². The van der Waals surface area contributed by atoms with Gasteiger partial charge in [0, 0.05) is 25.9 Å². The van der Waals surface area contributed by atoms with Crippen molar-refractivity contribution >= 4 is 27.5 Å². The highest BCUT2D eigenvalue weighted by Crippen LogP contribution is 2.24. The highest BCUT2D eigenvalue weighted by Gasteiger charge is 2.30. The van der Waals surface area contributed by atoms with Crippen molar-refractivity contribution in [2.45, 2.75) is 38.2 Å². The average Bonchev–Trinajstić information content (AvgIpc) is 2.86. The molecule has 3 rings (SSSR count). The number of hydrogen-bond acceptors (Lipinski definition) is 4. The molecule has 1 amide bonds. The van der Waals surface area contributed by atoms with Crippen LogP contribution >= 0.6 is 11.3 Å². The molecule has 0 spiro atoms. The molecule has 0 aliphatic carbocycles. The van der Waals surface area contributed by atoms with Crippen LogP contribution in [0.15, 0.2) is 24.3 Å². The number of carbonyl (C=O) groups is 1. The fourth-order valence-corrected chi connectivity index (χ4v) is 3.80. The molecule has 2 aromatic rings. The zero-order valence-corrected chi connectivity index (χ0v) is 13.0. The van der Waals surface area contributed by atoms with Crippen molar-refractivity contribution in [3.8, 4) is 0 Å². The molecule has 1 aliphatic rings. The second kappa shape index (κ2) is 5.73. The van der Waals surface area contributed by atoms with Crippen molar-refractivity contribution in [3.63, 3.8) is 0 Å². The summed E-state index contributed by atoms with van der Waals surface area (Å²) in [6, 6.07) is 8.04. The first-order valence-corrected chi connectivity index (χ1v) is 8.20. The Bertz CT molecular complexity index is 618. The number of amides is 1. The molecule has 2 heterocycles. The highest BCUT2D eigenvalue weighted by atomic mass is 32.1. The third-order valence-corrected chi connectivity index (χ3v) is 5.01. The summed E-state index contributed by atoms with van der Waals surface area (Å²) >= 11 is 1.65. The van der Waals surface area contributed by atoms with E-state index in [-0.39, 0.29) is 5.91 Å². The lowest BCUT2D eigenvalue weighted by molar-refractivity contribution is -0.137. The Hall–Kier alpha value is -1.46. The van der Waals surface area contributed by atoms with Crippen LogP contribution in [-0.4, -0.2) is 39.6 Å². The topological polar surface area (TPSA) is 53.4 Å². The van der Waals surface area contributed by atoms with Gasteiger partial charge in [-0.1, -0.05) is 12.1 Å². The maximum Gasteiger partial charge on any atom is 0.223 e. The summed E-state index contributed by atoms with van der Waals surface area (Å²) in [6.45, 7) is 3.01. The monoisotopic (exact) mass is 304 g/mol. The lowest BCUT2D eigenvalue weighted by Gasteiger charge is -2.36. The van der Waals surface area contributed by atoms with Crippen molar-refractivity contribution in [2.24, 2.45) is 0 Å². The Labute approximate surface area is 128 Å². The number of piperidine rings is 1. The lowest BCUT2D eigenvalue weighted by atomic mass is 9.95. The van der Waals surface area contributed by atoms with Gasteiger partial charge in [-0.3, -0.25) is 4.79 Å². The number of hydrogen-bond donors (Lipinski definition) is 1. The minimum atomic E-state index is -0.732. The minimum Gasteiger partial charge on any atom is -0.388 e. The molecule has 21 heavy (non-hydrogen) atoms. The van der Waals surface area contributed by atoms with E-state index in [1.165, 1.54) is 4.70 Å². The number of benzene rings is 1. The molecule has 1 aromatic heterocycles. The molecule has 0 saturated carbocycles. The molecule has 1 atom stereocenters. The number of carbonyl (C=O) groups excluding carboxylic acids is 1. The van der Waals surface area contributed by atoms with E-state index in [0.717, 1.165) is 29.9 Å². The van der Waals surface area contributed by atoms with Gasteiger partial charge in [-0.25, -0.2) is 4.98 Å². The molecule has 0 radical (unpaired) electrons. The van der Waals surface area contributed by atoms with Crippen LogP contribution in [0.5, 0.6) is 0 Å². The fraction of sp³-hybridized carbons (Fsp3) is 0.500. The number of fused-ring (bicyclic) bond motifs is 1. The van der Waals surface area contributed by atoms with E-state index in [9.17, 15) is 9.90 Å². The Morgan fingerprint density at radius 2 is 2.29 bits per heavy atom. The zero-order valence-electron chi connectivity index (χ0n) is 12.2. The third-order valence-electron chi connectivity index (χ3n) is 3.92. The van der Waals surface area contributed by atoms with E-state index in [1.54, 1.807) is 23.2 Å². The van der Waals surface area contributed by atoms with Gasteiger partial charge in [0.1, 0.15) is 0 Å². The maximum absolute atomic E-state index is 12.3. The summed E-state index contributed by atoms with van der Waals surface area (Å²) < 4.78 is 1.17. The van der Waals surface area contributed by atoms with E-state index in [0.29, 0.717) is 19.4 Å². The largest absolute Gasteiger partial charge is 0.388 e. The van der Waals surface area contributed by atoms with Crippen LogP contribution in [0.4, 0.5) is 0 Å². The van der Waals surface area contributed by atoms with Crippen molar-refractivity contribution in [1.82, 2.24) is 9.88 Å². The van der Waals surface area contributed by atoms with Gasteiger partial charge < -0.3 is 10.0 Å². The van der Waals surface area contributed by atoms with Crippen LogP contribution in [0.25, 0.3) is 10.2 Å². The number of likely N-dealkylation sites (tertiary alicyclic amines) is 1. The van der Waals surface area contributed by atoms with Crippen LogP contribution in [0.1, 0.15) is 31.2 Å². The predicted octanol–water partition coefficient (Wildman–Crippen LogP) is 2.60. The quantitative estimate of drug-likeness (QED) is 0.948. The molecule has 1 fully saturated rings. The van der Waals surface area contributed by atoms with Crippen molar-refractivity contribution < 1.29 is 9.90 Å². The molecule has 4 nitrogen and oxygen atoms in total. The smallest absolute Gasteiger partial charge is 0.223 e. The normalized spacial score (nSPS) is 22.7. The molecule has 1 aliphatic heterocycles. The highest BCUT2D eigenvalue weighted by molar-refractivity contribution is 7.18. The molecular formula is C16H20N2O2S. The molecule has 1 unspecified atom stereocenters. The summed E-state index contributed by atoms with van der Waals surface area (Å²) in [4.78, 5) is 18.6. The van der Waals surface area contributed by atoms with E-state index >= 15 is 0 Å². The van der Waals surface area contributed by atoms with Crippen LogP contribution in [-0.2, 0) is 11.2 Å². The lowest BCUT2D eigenvalue weighted by Crippen LogP contribution is -2.48. The summed E-state index contributed by atoms with van der Waals surface area (Å²) in [5.74, 6) is 0.120. The second-order valence-corrected chi connectivity index (χ2v) is 7.11. The van der Waals surface area contributed by atoms with Crippen LogP contribution in [0, 0.1) is 0 Å². The number of aryl methyl sites for hydroxylation is 1. The van der Waals surface area contributed by atoms with Crippen LogP contribution in [0.2, 0.25) is 0 Å². The SMILES string of the molecule is CC1(O)CCCN(C(=O)CCc2nc3ccccc3s2)C1. The number of aliphatic hydroxyl groups is 1. The van der Waals surface area contributed by atoms with Gasteiger partial charge in [0.25, 0.3) is 0 Å². The van der Waals surface area contributed by atoms with Gasteiger partial charge in [-0.05, 0) is 31.9 Å². The molecule has 1 saturated heterocycles. The Morgan fingerprint density at radius 1 is 1.48 bits per heavy atom. The van der Waals surface area contributed by atoms with Gasteiger partial charge in [0.15, 0.2) is 0 Å². The third kappa shape index (κ3) is 3.41. The molecular weight excluding hydrogens is 284 g/mol. The minimum absolute atomic E-state index is 0.120. The first-order chi connectivity index (χ1) is 10.0. The van der Waals surface area contributed by atoms with Crippen molar-refractivity contribution in [1.29, 1.82) is 0 Å². The number of rotatable bonds is 3. The molecule has 0 bridgehead atoms. The van der Waals surface area contributed by atoms with E-state index < -0.39 is 5.60 Å². The van der Waals surface area contributed by atoms with Crippen molar-refractivity contribution in [2.75, 3.05) is 13.1 Å². The Morgan fingerprint density at radius 3 is 3.05 bits per heavy atom. The van der Waals surface area contributed by atoms with Crippen molar-refractivity contribution in [3.05, 3.63) is 29.3 Å². The number of para-hydroxylation sites is 1. The molecule has 5 heteroatoms. The molecule has 1 aromatic carbocycles. The summed E-state index contributed by atoms with van der Waals surface area (Å²) in [5, 5.41) is 11.1. The van der Waals surface area contributed by atoms with Gasteiger partial charge in [-0.15, -0.1) is 11.3 Å². The standard InChI is InChI=1S/C16H20N2O2S/c1-16(20)9-4-10-18(11-16)15(19)8-7-14-17-12-5-2-3-6-13(12)21-14/h2-3,5-6,20H,4,7-11H2,1H3. The Balaban J connectivity index is 1.60. The number of β-amino-alcohol motifs (C(OH)–C–C–N with tert-alkyl or cyclic N) is 1.